The zero-order chi connectivity index (χ0) is 17.6. The van der Waals surface area contributed by atoms with Crippen molar-refractivity contribution in [3.05, 3.63) is 23.8 Å². The Morgan fingerprint density at radius 1 is 1.17 bits per heavy atom. The minimum atomic E-state index is 0.135. The molecule has 0 saturated carbocycles. The summed E-state index contributed by atoms with van der Waals surface area (Å²) in [5.74, 6) is 1.56. The molecule has 0 amide bonds. The van der Waals surface area contributed by atoms with E-state index in [4.69, 9.17) is 14.2 Å². The van der Waals surface area contributed by atoms with Crippen LogP contribution in [0.15, 0.2) is 18.2 Å². The van der Waals surface area contributed by atoms with E-state index in [1.807, 2.05) is 6.07 Å². The van der Waals surface area contributed by atoms with Crippen LogP contribution in [0.5, 0.6) is 11.5 Å². The van der Waals surface area contributed by atoms with E-state index in [2.05, 4.69) is 43.1 Å². The minimum absolute atomic E-state index is 0.135. The molecule has 0 bridgehead atoms. The lowest BCUT2D eigenvalue weighted by atomic mass is 10.0. The lowest BCUT2D eigenvalue weighted by Gasteiger charge is -2.41. The predicted molar refractivity (Wildman–Crippen MR) is 97.2 cm³/mol. The maximum Gasteiger partial charge on any atom is 0.160 e. The zero-order valence-corrected chi connectivity index (χ0v) is 15.7. The van der Waals surface area contributed by atoms with Crippen molar-refractivity contribution in [2.75, 3.05) is 47.1 Å². The van der Waals surface area contributed by atoms with E-state index in [0.717, 1.165) is 50.8 Å². The van der Waals surface area contributed by atoms with Crippen LogP contribution in [-0.4, -0.2) is 63.5 Å². The molecule has 2 rings (SSSR count). The molecule has 1 aromatic carbocycles. The molecular weight excluding hydrogens is 304 g/mol. The van der Waals surface area contributed by atoms with Gasteiger partial charge in [0.1, 0.15) is 0 Å². The van der Waals surface area contributed by atoms with Crippen molar-refractivity contribution in [3.63, 3.8) is 0 Å². The highest BCUT2D eigenvalue weighted by Gasteiger charge is 2.28. The first-order chi connectivity index (χ1) is 11.5. The van der Waals surface area contributed by atoms with Crippen molar-refractivity contribution < 1.29 is 14.2 Å². The second kappa shape index (κ2) is 8.70. The Kier molecular flexibility index (Phi) is 6.90. The van der Waals surface area contributed by atoms with Crippen molar-refractivity contribution in [2.24, 2.45) is 0 Å². The van der Waals surface area contributed by atoms with Crippen LogP contribution >= 0.6 is 0 Å². The number of nitrogens with one attached hydrogen (secondary N) is 1. The van der Waals surface area contributed by atoms with Gasteiger partial charge in [-0.1, -0.05) is 6.07 Å². The largest absolute Gasteiger partial charge is 0.493 e. The Morgan fingerprint density at radius 2 is 1.83 bits per heavy atom. The Labute approximate surface area is 146 Å². The maximum absolute atomic E-state index is 5.46. The molecule has 1 unspecified atom stereocenters. The first-order valence-corrected chi connectivity index (χ1v) is 8.73. The Morgan fingerprint density at radius 3 is 2.46 bits per heavy atom. The van der Waals surface area contributed by atoms with E-state index in [-0.39, 0.29) is 5.54 Å². The number of nitrogens with zero attached hydrogens (tertiary/aromatic N) is 1. The summed E-state index contributed by atoms with van der Waals surface area (Å²) in [6.07, 6.45) is 0.958. The molecule has 1 aromatic rings. The first kappa shape index (κ1) is 19.0. The van der Waals surface area contributed by atoms with E-state index in [1.165, 1.54) is 5.56 Å². The van der Waals surface area contributed by atoms with Crippen LogP contribution in [0, 0.1) is 0 Å². The SMILES string of the molecule is COc1ccc(CC(C)NCC(C)(C)N2CCOCC2)cc1OC. The van der Waals surface area contributed by atoms with E-state index in [0.29, 0.717) is 6.04 Å². The van der Waals surface area contributed by atoms with Crippen molar-refractivity contribution >= 4 is 0 Å². The number of ether oxygens (including phenoxy) is 3. The van der Waals surface area contributed by atoms with Crippen molar-refractivity contribution in [1.29, 1.82) is 0 Å². The summed E-state index contributed by atoms with van der Waals surface area (Å²) >= 11 is 0. The summed E-state index contributed by atoms with van der Waals surface area (Å²) in [5, 5.41) is 3.68. The Balaban J connectivity index is 1.87. The fourth-order valence-electron chi connectivity index (χ4n) is 3.14. The van der Waals surface area contributed by atoms with Gasteiger partial charge in [0, 0.05) is 31.2 Å². The molecule has 0 spiro atoms. The topological polar surface area (TPSA) is 43.0 Å². The molecule has 5 heteroatoms. The van der Waals surface area contributed by atoms with Crippen LogP contribution in [0.25, 0.3) is 0 Å². The van der Waals surface area contributed by atoms with Gasteiger partial charge in [-0.15, -0.1) is 0 Å². The lowest BCUT2D eigenvalue weighted by Crippen LogP contribution is -2.55. The average molecular weight is 336 g/mol. The standard InChI is InChI=1S/C19H32N2O3/c1-15(12-16-6-7-17(22-4)18(13-16)23-5)20-14-19(2,3)21-8-10-24-11-9-21/h6-7,13,15,20H,8-12,14H2,1-5H3. The molecule has 0 aromatic heterocycles. The molecule has 1 aliphatic heterocycles. The van der Waals surface area contributed by atoms with Crippen LogP contribution in [0.1, 0.15) is 26.3 Å². The highest BCUT2D eigenvalue weighted by Crippen LogP contribution is 2.28. The van der Waals surface area contributed by atoms with Gasteiger partial charge in [-0.3, -0.25) is 4.90 Å². The van der Waals surface area contributed by atoms with Crippen LogP contribution in [0.3, 0.4) is 0 Å². The lowest BCUT2D eigenvalue weighted by molar-refractivity contribution is -0.0102. The fourth-order valence-corrected chi connectivity index (χ4v) is 3.14. The van der Waals surface area contributed by atoms with Gasteiger partial charge in [-0.2, -0.15) is 0 Å². The number of hydrogen-bond acceptors (Lipinski definition) is 5. The third-order valence-electron chi connectivity index (χ3n) is 4.74. The second-order valence-electron chi connectivity index (χ2n) is 7.09. The molecule has 24 heavy (non-hydrogen) atoms. The van der Waals surface area contributed by atoms with Crippen LogP contribution in [-0.2, 0) is 11.2 Å². The highest BCUT2D eigenvalue weighted by atomic mass is 16.5. The molecule has 1 N–H and O–H groups in total. The van der Waals surface area contributed by atoms with Crippen LogP contribution in [0.4, 0.5) is 0 Å². The quantitative estimate of drug-likeness (QED) is 0.789. The third kappa shape index (κ3) is 5.10. The number of benzene rings is 1. The summed E-state index contributed by atoms with van der Waals surface area (Å²) in [5.41, 5.74) is 1.38. The van der Waals surface area contributed by atoms with Gasteiger partial charge in [0.25, 0.3) is 0 Å². The normalized spacial score (nSPS) is 17.5. The second-order valence-corrected chi connectivity index (χ2v) is 7.09. The molecule has 5 nitrogen and oxygen atoms in total. The van der Waals surface area contributed by atoms with E-state index in [1.54, 1.807) is 14.2 Å². The minimum Gasteiger partial charge on any atom is -0.493 e. The van der Waals surface area contributed by atoms with Gasteiger partial charge in [0.05, 0.1) is 27.4 Å². The molecule has 0 radical (unpaired) electrons. The molecule has 136 valence electrons. The summed E-state index contributed by atoms with van der Waals surface area (Å²) < 4.78 is 16.1. The highest BCUT2D eigenvalue weighted by molar-refractivity contribution is 5.43. The van der Waals surface area contributed by atoms with Crippen molar-refractivity contribution in [3.8, 4) is 11.5 Å². The number of morpholine rings is 1. The Hall–Kier alpha value is -1.30. The summed E-state index contributed by atoms with van der Waals surface area (Å²) in [6, 6.07) is 6.53. The Bertz CT molecular complexity index is 513. The fraction of sp³-hybridized carbons (Fsp3) is 0.684. The smallest absolute Gasteiger partial charge is 0.160 e. The van der Waals surface area contributed by atoms with Gasteiger partial charge in [-0.25, -0.2) is 0 Å². The average Bonchev–Trinajstić information content (AvgIpc) is 2.60. The van der Waals surface area contributed by atoms with Crippen molar-refractivity contribution in [1.82, 2.24) is 10.2 Å². The van der Waals surface area contributed by atoms with Crippen molar-refractivity contribution in [2.45, 2.75) is 38.8 Å². The first-order valence-electron chi connectivity index (χ1n) is 8.73. The predicted octanol–water partition coefficient (Wildman–Crippen LogP) is 2.34. The molecule has 1 aliphatic rings. The molecule has 0 aliphatic carbocycles. The monoisotopic (exact) mass is 336 g/mol. The molecule has 1 saturated heterocycles. The molecule has 1 atom stereocenters. The summed E-state index contributed by atoms with van der Waals surface area (Å²) in [4.78, 5) is 2.51. The van der Waals surface area contributed by atoms with E-state index < -0.39 is 0 Å². The van der Waals surface area contributed by atoms with Gasteiger partial charge in [-0.05, 0) is 44.9 Å². The van der Waals surface area contributed by atoms with E-state index >= 15 is 0 Å². The van der Waals surface area contributed by atoms with E-state index in [9.17, 15) is 0 Å². The van der Waals surface area contributed by atoms with Gasteiger partial charge in [0.2, 0.25) is 0 Å². The summed E-state index contributed by atoms with van der Waals surface area (Å²) in [7, 11) is 3.34. The van der Waals surface area contributed by atoms with Gasteiger partial charge < -0.3 is 19.5 Å². The van der Waals surface area contributed by atoms with Gasteiger partial charge in [0.15, 0.2) is 11.5 Å². The molecule has 1 heterocycles. The van der Waals surface area contributed by atoms with Crippen LogP contribution in [0.2, 0.25) is 0 Å². The summed E-state index contributed by atoms with van der Waals surface area (Å²) in [6.45, 7) is 11.5. The van der Waals surface area contributed by atoms with Crippen LogP contribution < -0.4 is 14.8 Å². The number of rotatable bonds is 8. The zero-order valence-electron chi connectivity index (χ0n) is 15.7. The van der Waals surface area contributed by atoms with Gasteiger partial charge >= 0.3 is 0 Å². The molecule has 1 fully saturated rings. The maximum atomic E-state index is 5.46. The third-order valence-corrected chi connectivity index (χ3v) is 4.74. The number of methoxy groups -OCH3 is 2. The number of hydrogen-bond donors (Lipinski definition) is 1. The molecular formula is C19H32N2O3.